The molecular weight excluding hydrogens is 328 g/mol. The van der Waals surface area contributed by atoms with E-state index in [1.165, 1.54) is 19.3 Å². The van der Waals surface area contributed by atoms with Crippen LogP contribution in [0.2, 0.25) is 0 Å². The van der Waals surface area contributed by atoms with Crippen LogP contribution in [0.1, 0.15) is 43.5 Å². The molecule has 1 aromatic rings. The Hall–Kier alpha value is -1.59. The molecule has 0 spiro atoms. The fraction of sp³-hybridized carbons (Fsp3) is 0.667. The molecule has 0 N–H and O–H groups in total. The van der Waals surface area contributed by atoms with E-state index in [1.807, 2.05) is 31.2 Å². The Bertz CT molecular complexity index is 592. The van der Waals surface area contributed by atoms with Crippen molar-refractivity contribution in [3.05, 3.63) is 29.8 Å². The SMILES string of the molecule is CCCN1C[C@H]2CC[C@@H]1CN(C(=O)c1ccccc1OCCOCC)C2. The van der Waals surface area contributed by atoms with E-state index >= 15 is 0 Å². The molecule has 0 aromatic heterocycles. The van der Waals surface area contributed by atoms with Gasteiger partial charge in [0.2, 0.25) is 0 Å². The molecule has 4 rings (SSSR count). The summed E-state index contributed by atoms with van der Waals surface area (Å²) in [6.07, 6.45) is 3.62. The summed E-state index contributed by atoms with van der Waals surface area (Å²) in [7, 11) is 0. The molecule has 3 heterocycles. The maximum Gasteiger partial charge on any atom is 0.257 e. The first-order chi connectivity index (χ1) is 12.7. The van der Waals surface area contributed by atoms with Crippen molar-refractivity contribution < 1.29 is 14.3 Å². The van der Waals surface area contributed by atoms with Gasteiger partial charge < -0.3 is 14.4 Å². The fourth-order valence-electron chi connectivity index (χ4n) is 4.20. The van der Waals surface area contributed by atoms with E-state index < -0.39 is 0 Å². The number of rotatable bonds is 8. The fourth-order valence-corrected chi connectivity index (χ4v) is 4.20. The molecule has 1 amide bonds. The van der Waals surface area contributed by atoms with Gasteiger partial charge in [-0.15, -0.1) is 0 Å². The van der Waals surface area contributed by atoms with Gasteiger partial charge in [0.25, 0.3) is 5.91 Å². The molecule has 3 saturated heterocycles. The van der Waals surface area contributed by atoms with Crippen LogP contribution in [0.15, 0.2) is 24.3 Å². The van der Waals surface area contributed by atoms with Crippen LogP contribution < -0.4 is 4.74 Å². The lowest BCUT2D eigenvalue weighted by Crippen LogP contribution is -2.44. The van der Waals surface area contributed by atoms with Crippen LogP contribution in [0.3, 0.4) is 0 Å². The van der Waals surface area contributed by atoms with Crippen molar-refractivity contribution in [3.8, 4) is 5.75 Å². The van der Waals surface area contributed by atoms with E-state index in [2.05, 4.69) is 16.7 Å². The van der Waals surface area contributed by atoms with Gasteiger partial charge in [0, 0.05) is 32.3 Å². The van der Waals surface area contributed by atoms with Gasteiger partial charge in [0.1, 0.15) is 12.4 Å². The minimum atomic E-state index is 0.104. The van der Waals surface area contributed by atoms with E-state index in [1.54, 1.807) is 0 Å². The van der Waals surface area contributed by atoms with Crippen molar-refractivity contribution in [1.82, 2.24) is 9.80 Å². The van der Waals surface area contributed by atoms with Crippen molar-refractivity contribution in [3.63, 3.8) is 0 Å². The number of para-hydroxylation sites is 1. The number of carbonyl (C=O) groups excluding carboxylic acids is 1. The second-order valence-corrected chi connectivity index (χ2v) is 7.34. The van der Waals surface area contributed by atoms with Crippen LogP contribution in [0.25, 0.3) is 0 Å². The van der Waals surface area contributed by atoms with Gasteiger partial charge in [-0.1, -0.05) is 19.1 Å². The summed E-state index contributed by atoms with van der Waals surface area (Å²) in [6.45, 7) is 9.85. The molecule has 3 aliphatic heterocycles. The number of hydrogen-bond acceptors (Lipinski definition) is 4. The number of nitrogens with zero attached hydrogens (tertiary/aromatic N) is 2. The first-order valence-corrected chi connectivity index (χ1v) is 10.1. The van der Waals surface area contributed by atoms with E-state index in [0.29, 0.717) is 43.1 Å². The third-order valence-corrected chi connectivity index (χ3v) is 5.43. The molecule has 2 atom stereocenters. The lowest BCUT2D eigenvalue weighted by molar-refractivity contribution is 0.0728. The Balaban J connectivity index is 1.69. The minimum Gasteiger partial charge on any atom is -0.490 e. The lowest BCUT2D eigenvalue weighted by Gasteiger charge is -2.35. The zero-order valence-corrected chi connectivity index (χ0v) is 16.2. The molecule has 0 aliphatic carbocycles. The van der Waals surface area contributed by atoms with Gasteiger partial charge in [-0.2, -0.15) is 0 Å². The van der Waals surface area contributed by atoms with Crippen LogP contribution in [0.5, 0.6) is 5.75 Å². The summed E-state index contributed by atoms with van der Waals surface area (Å²) in [6, 6.07) is 8.10. The van der Waals surface area contributed by atoms with Gasteiger partial charge in [-0.05, 0) is 50.8 Å². The van der Waals surface area contributed by atoms with Gasteiger partial charge in [0.05, 0.1) is 12.2 Å². The number of benzene rings is 1. The van der Waals surface area contributed by atoms with Gasteiger partial charge in [-0.3, -0.25) is 9.69 Å². The zero-order chi connectivity index (χ0) is 18.4. The topological polar surface area (TPSA) is 42.0 Å². The summed E-state index contributed by atoms with van der Waals surface area (Å²) in [5.41, 5.74) is 0.673. The maximum absolute atomic E-state index is 13.2. The molecular formula is C21H32N2O3. The quantitative estimate of drug-likeness (QED) is 0.668. The molecule has 5 heteroatoms. The van der Waals surface area contributed by atoms with E-state index in [0.717, 1.165) is 26.2 Å². The van der Waals surface area contributed by atoms with Crippen molar-refractivity contribution >= 4 is 5.91 Å². The van der Waals surface area contributed by atoms with Crippen molar-refractivity contribution in [2.75, 3.05) is 46.0 Å². The van der Waals surface area contributed by atoms with Crippen LogP contribution in [-0.2, 0) is 4.74 Å². The second kappa shape index (κ2) is 9.38. The van der Waals surface area contributed by atoms with Crippen molar-refractivity contribution in [2.45, 2.75) is 39.2 Å². The van der Waals surface area contributed by atoms with Crippen molar-refractivity contribution in [1.29, 1.82) is 0 Å². The highest BCUT2D eigenvalue weighted by Crippen LogP contribution is 2.30. The van der Waals surface area contributed by atoms with Crippen LogP contribution in [0, 0.1) is 5.92 Å². The maximum atomic E-state index is 13.2. The summed E-state index contributed by atoms with van der Waals surface area (Å²) in [4.78, 5) is 17.9. The van der Waals surface area contributed by atoms with Gasteiger partial charge in [0.15, 0.2) is 0 Å². The average Bonchev–Trinajstić information content (AvgIpc) is 2.97. The number of carbonyl (C=O) groups is 1. The first-order valence-electron chi connectivity index (χ1n) is 10.1. The van der Waals surface area contributed by atoms with Gasteiger partial charge >= 0.3 is 0 Å². The molecule has 0 saturated carbocycles. The first kappa shape index (κ1) is 19.2. The lowest BCUT2D eigenvalue weighted by atomic mass is 9.95. The Morgan fingerprint density at radius 3 is 2.77 bits per heavy atom. The van der Waals surface area contributed by atoms with E-state index in [9.17, 15) is 4.79 Å². The second-order valence-electron chi connectivity index (χ2n) is 7.34. The largest absolute Gasteiger partial charge is 0.490 e. The predicted octanol–water partition coefficient (Wildman–Crippen LogP) is 3.05. The molecule has 1 aromatic carbocycles. The predicted molar refractivity (Wildman–Crippen MR) is 103 cm³/mol. The standard InChI is InChI=1S/C21H32N2O3/c1-3-11-22-14-17-9-10-18(22)16-23(15-17)21(24)19-7-5-6-8-20(19)26-13-12-25-4-2/h5-8,17-18H,3-4,9-16H2,1-2H3/t17-,18-/m1/s1. The molecule has 0 radical (unpaired) electrons. The Kier molecular flexibility index (Phi) is 6.92. The van der Waals surface area contributed by atoms with Gasteiger partial charge in [-0.25, -0.2) is 0 Å². The molecule has 2 bridgehead atoms. The van der Waals surface area contributed by atoms with E-state index in [-0.39, 0.29) is 5.91 Å². The Morgan fingerprint density at radius 2 is 1.96 bits per heavy atom. The summed E-state index contributed by atoms with van der Waals surface area (Å²) >= 11 is 0. The van der Waals surface area contributed by atoms with Crippen LogP contribution in [0.4, 0.5) is 0 Å². The highest BCUT2D eigenvalue weighted by molar-refractivity contribution is 5.97. The smallest absolute Gasteiger partial charge is 0.257 e. The van der Waals surface area contributed by atoms with E-state index in [4.69, 9.17) is 9.47 Å². The molecule has 144 valence electrons. The molecule has 26 heavy (non-hydrogen) atoms. The highest BCUT2D eigenvalue weighted by Gasteiger charge is 2.36. The van der Waals surface area contributed by atoms with Crippen LogP contribution >= 0.6 is 0 Å². The molecule has 5 nitrogen and oxygen atoms in total. The molecule has 3 fully saturated rings. The average molecular weight is 360 g/mol. The van der Waals surface area contributed by atoms with Crippen LogP contribution in [-0.4, -0.2) is 67.7 Å². The monoisotopic (exact) mass is 360 g/mol. The number of amides is 1. The number of ether oxygens (including phenoxy) is 2. The third kappa shape index (κ3) is 4.57. The zero-order valence-electron chi connectivity index (χ0n) is 16.2. The number of piperidine rings is 1. The Morgan fingerprint density at radius 1 is 1.12 bits per heavy atom. The minimum absolute atomic E-state index is 0.104. The third-order valence-electron chi connectivity index (χ3n) is 5.43. The summed E-state index contributed by atoms with van der Waals surface area (Å²) in [5, 5.41) is 0. The molecule has 3 aliphatic rings. The Labute approximate surface area is 157 Å². The summed E-state index contributed by atoms with van der Waals surface area (Å²) in [5.74, 6) is 1.36. The highest BCUT2D eigenvalue weighted by atomic mass is 16.5. The number of hydrogen-bond donors (Lipinski definition) is 0. The molecule has 0 unspecified atom stereocenters. The number of fused-ring (bicyclic) bond motifs is 4. The normalized spacial score (nSPS) is 23.1. The summed E-state index contributed by atoms with van der Waals surface area (Å²) < 4.78 is 11.2. The van der Waals surface area contributed by atoms with Crippen molar-refractivity contribution in [2.24, 2.45) is 5.92 Å².